The summed E-state index contributed by atoms with van der Waals surface area (Å²) < 4.78 is 0. The van der Waals surface area contributed by atoms with Crippen LogP contribution in [0.2, 0.25) is 0 Å². The van der Waals surface area contributed by atoms with Crippen LogP contribution in [0.25, 0.3) is 0 Å². The van der Waals surface area contributed by atoms with Crippen LogP contribution >= 0.6 is 0 Å². The zero-order chi connectivity index (χ0) is 24.9. The third kappa shape index (κ3) is 3.65. The number of rotatable bonds is 3. The van der Waals surface area contributed by atoms with E-state index in [4.69, 9.17) is 0 Å². The molecule has 6 nitrogen and oxygen atoms in total. The number of piperidine rings is 1. The van der Waals surface area contributed by atoms with Crippen molar-refractivity contribution < 1.29 is 14.4 Å². The van der Waals surface area contributed by atoms with Crippen molar-refractivity contribution in [1.29, 1.82) is 0 Å². The molecule has 2 saturated heterocycles. The van der Waals surface area contributed by atoms with Gasteiger partial charge in [-0.2, -0.15) is 0 Å². The first-order chi connectivity index (χ1) is 16.8. The van der Waals surface area contributed by atoms with E-state index in [-0.39, 0.29) is 23.8 Å². The average molecular weight is 474 g/mol. The van der Waals surface area contributed by atoms with Gasteiger partial charge in [0.05, 0.1) is 11.5 Å². The first-order valence-electron chi connectivity index (χ1n) is 12.8. The molecule has 6 heteroatoms. The van der Waals surface area contributed by atoms with Gasteiger partial charge in [0, 0.05) is 43.3 Å². The quantitative estimate of drug-likeness (QED) is 0.673. The monoisotopic (exact) mass is 473 g/mol. The maximum atomic E-state index is 13.9. The molecule has 184 valence electrons. The van der Waals surface area contributed by atoms with Gasteiger partial charge in [-0.25, -0.2) is 0 Å². The Morgan fingerprint density at radius 1 is 0.914 bits per heavy atom. The molecule has 1 unspecified atom stereocenters. The zero-order valence-corrected chi connectivity index (χ0v) is 21.2. The molecular weight excluding hydrogens is 438 g/mol. The largest absolute Gasteiger partial charge is 0.342 e. The Labute approximate surface area is 207 Å². The number of hydrogen-bond acceptors (Lipinski definition) is 3. The van der Waals surface area contributed by atoms with Crippen molar-refractivity contribution in [1.82, 2.24) is 14.7 Å². The maximum absolute atomic E-state index is 13.9. The molecule has 2 aromatic carbocycles. The summed E-state index contributed by atoms with van der Waals surface area (Å²) in [6, 6.07) is 13.4. The Hall–Kier alpha value is -3.15. The van der Waals surface area contributed by atoms with Crippen molar-refractivity contribution in [3.8, 4) is 0 Å². The van der Waals surface area contributed by atoms with Crippen LogP contribution in [-0.4, -0.2) is 70.2 Å². The van der Waals surface area contributed by atoms with E-state index in [1.807, 2.05) is 84.9 Å². The summed E-state index contributed by atoms with van der Waals surface area (Å²) in [4.78, 5) is 47.0. The van der Waals surface area contributed by atoms with Crippen LogP contribution in [0.4, 0.5) is 0 Å². The molecule has 0 aromatic heterocycles. The number of aryl methyl sites for hydroxylation is 1. The van der Waals surface area contributed by atoms with Gasteiger partial charge in [0.2, 0.25) is 5.91 Å². The van der Waals surface area contributed by atoms with Crippen LogP contribution in [0.15, 0.2) is 42.5 Å². The van der Waals surface area contributed by atoms with Crippen molar-refractivity contribution >= 4 is 17.7 Å². The number of fused-ring (bicyclic) bond motifs is 1. The molecule has 3 amide bonds. The number of benzene rings is 2. The lowest BCUT2D eigenvalue weighted by atomic mass is 9.66. The minimum atomic E-state index is -0.634. The van der Waals surface area contributed by atoms with Crippen LogP contribution in [0, 0.1) is 13.8 Å². The highest BCUT2D eigenvalue weighted by Gasteiger charge is 2.57. The number of likely N-dealkylation sites (tertiary alicyclic amines) is 2. The molecule has 3 aliphatic rings. The number of amides is 3. The predicted octanol–water partition coefficient (Wildman–Crippen LogP) is 4.16. The lowest BCUT2D eigenvalue weighted by Gasteiger charge is -2.57. The molecule has 2 fully saturated rings. The summed E-state index contributed by atoms with van der Waals surface area (Å²) in [7, 11) is 0. The second-order valence-electron chi connectivity index (χ2n) is 10.6. The van der Waals surface area contributed by atoms with E-state index in [1.54, 1.807) is 0 Å². The Morgan fingerprint density at radius 2 is 1.60 bits per heavy atom. The fourth-order valence-electron chi connectivity index (χ4n) is 6.31. The van der Waals surface area contributed by atoms with Gasteiger partial charge in [0.25, 0.3) is 11.8 Å². The molecule has 35 heavy (non-hydrogen) atoms. The van der Waals surface area contributed by atoms with E-state index in [2.05, 4.69) is 0 Å². The smallest absolute Gasteiger partial charge is 0.254 e. The van der Waals surface area contributed by atoms with E-state index in [1.165, 1.54) is 0 Å². The molecule has 0 N–H and O–H groups in total. The third-order valence-electron chi connectivity index (χ3n) is 8.42. The highest BCUT2D eigenvalue weighted by atomic mass is 16.2. The number of carbonyl (C=O) groups is 3. The van der Waals surface area contributed by atoms with Crippen LogP contribution in [0.5, 0.6) is 0 Å². The van der Waals surface area contributed by atoms with Gasteiger partial charge < -0.3 is 14.7 Å². The fourth-order valence-corrected chi connectivity index (χ4v) is 6.31. The van der Waals surface area contributed by atoms with Crippen LogP contribution in [0.1, 0.15) is 76.4 Å². The number of carbonyl (C=O) groups excluding carboxylic acids is 3. The molecule has 1 atom stereocenters. The standard InChI is InChI=1S/C29H35N3O3/c1-19(2)32-27(34)24-11-6-5-10-23(24)25(28(35)30-15-8-16-30)29(32)13-17-31(18-14-29)26(33)22-12-7-9-20(3)21(22)4/h5-7,9-12,19,25H,8,13-18H2,1-4H3. The molecule has 0 aliphatic carbocycles. The van der Waals surface area contributed by atoms with Crippen LogP contribution in [-0.2, 0) is 4.79 Å². The van der Waals surface area contributed by atoms with Crippen molar-refractivity contribution in [2.24, 2.45) is 0 Å². The van der Waals surface area contributed by atoms with Gasteiger partial charge in [-0.3, -0.25) is 14.4 Å². The summed E-state index contributed by atoms with van der Waals surface area (Å²) >= 11 is 0. The Bertz CT molecular complexity index is 1180. The topological polar surface area (TPSA) is 60.9 Å². The van der Waals surface area contributed by atoms with Gasteiger partial charge in [-0.1, -0.05) is 30.3 Å². The molecule has 0 saturated carbocycles. The molecule has 3 aliphatic heterocycles. The second kappa shape index (κ2) is 8.81. The lowest BCUT2D eigenvalue weighted by molar-refractivity contribution is -0.142. The molecule has 0 bridgehead atoms. The summed E-state index contributed by atoms with van der Waals surface area (Å²) in [5.41, 5.74) is 3.70. The average Bonchev–Trinajstić information content (AvgIpc) is 2.80. The lowest BCUT2D eigenvalue weighted by Crippen LogP contribution is -2.68. The van der Waals surface area contributed by atoms with E-state index in [0.29, 0.717) is 31.5 Å². The second-order valence-corrected chi connectivity index (χ2v) is 10.6. The van der Waals surface area contributed by atoms with E-state index in [9.17, 15) is 14.4 Å². The van der Waals surface area contributed by atoms with Gasteiger partial charge in [0.15, 0.2) is 0 Å². The van der Waals surface area contributed by atoms with E-state index >= 15 is 0 Å². The SMILES string of the molecule is Cc1cccc(C(=O)N2CCC3(CC2)C(C(=O)N2CCC2)c2ccccc2C(=O)N3C(C)C)c1C. The Balaban J connectivity index is 1.53. The molecule has 5 rings (SSSR count). The highest BCUT2D eigenvalue weighted by Crippen LogP contribution is 2.49. The van der Waals surface area contributed by atoms with E-state index < -0.39 is 11.5 Å². The molecule has 0 radical (unpaired) electrons. The van der Waals surface area contributed by atoms with Crippen LogP contribution in [0.3, 0.4) is 0 Å². The van der Waals surface area contributed by atoms with Crippen LogP contribution < -0.4 is 0 Å². The molecule has 1 spiro atoms. The van der Waals surface area contributed by atoms with Gasteiger partial charge >= 0.3 is 0 Å². The van der Waals surface area contributed by atoms with Gasteiger partial charge in [-0.15, -0.1) is 0 Å². The molecular formula is C29H35N3O3. The normalized spacial score (nSPS) is 21.2. The fraction of sp³-hybridized carbons (Fsp3) is 0.483. The third-order valence-corrected chi connectivity index (χ3v) is 8.42. The maximum Gasteiger partial charge on any atom is 0.254 e. The number of nitrogens with zero attached hydrogens (tertiary/aromatic N) is 3. The Kier molecular flexibility index (Phi) is 5.94. The minimum absolute atomic E-state index is 0.00226. The van der Waals surface area contributed by atoms with Crippen molar-refractivity contribution in [2.75, 3.05) is 26.2 Å². The summed E-state index contributed by atoms with van der Waals surface area (Å²) in [5.74, 6) is -0.254. The van der Waals surface area contributed by atoms with E-state index in [0.717, 1.165) is 41.8 Å². The molecule has 3 heterocycles. The summed E-state index contributed by atoms with van der Waals surface area (Å²) in [6.45, 7) is 10.7. The number of hydrogen-bond donors (Lipinski definition) is 0. The minimum Gasteiger partial charge on any atom is -0.342 e. The first-order valence-corrected chi connectivity index (χ1v) is 12.8. The van der Waals surface area contributed by atoms with Gasteiger partial charge in [0.1, 0.15) is 0 Å². The van der Waals surface area contributed by atoms with Gasteiger partial charge in [-0.05, 0) is 75.8 Å². The zero-order valence-electron chi connectivity index (χ0n) is 21.2. The summed E-state index contributed by atoms with van der Waals surface area (Å²) in [6.07, 6.45) is 2.20. The van der Waals surface area contributed by atoms with Crippen molar-refractivity contribution in [2.45, 2.75) is 64.5 Å². The van der Waals surface area contributed by atoms with Crippen molar-refractivity contribution in [3.63, 3.8) is 0 Å². The summed E-state index contributed by atoms with van der Waals surface area (Å²) in [5, 5.41) is 0. The highest BCUT2D eigenvalue weighted by molar-refractivity contribution is 6.02. The first kappa shape index (κ1) is 23.6. The predicted molar refractivity (Wildman–Crippen MR) is 135 cm³/mol. The Morgan fingerprint density at radius 3 is 2.23 bits per heavy atom. The molecule has 2 aromatic rings. The van der Waals surface area contributed by atoms with Crippen molar-refractivity contribution in [3.05, 3.63) is 70.3 Å².